The molecule has 0 radical (unpaired) electrons. The molecule has 0 aliphatic heterocycles. The summed E-state index contributed by atoms with van der Waals surface area (Å²) >= 11 is 0. The Morgan fingerprint density at radius 2 is 2.54 bits per heavy atom. The average molecular weight is 180 g/mol. The smallest absolute Gasteiger partial charge is 0.253 e. The number of carbonyl (C=O) groups is 1. The first-order valence-electron chi connectivity index (χ1n) is 4.11. The normalized spacial score (nSPS) is 12.2. The largest absolute Gasteiger partial charge is 0.378 e. The van der Waals surface area contributed by atoms with Crippen molar-refractivity contribution in [2.24, 2.45) is 0 Å². The summed E-state index contributed by atoms with van der Waals surface area (Å²) in [7, 11) is 0. The van der Waals surface area contributed by atoms with E-state index in [0.717, 1.165) is 0 Å². The molecule has 0 aliphatic carbocycles. The number of amides is 1. The zero-order valence-corrected chi connectivity index (χ0v) is 7.40. The van der Waals surface area contributed by atoms with E-state index in [1.807, 2.05) is 0 Å². The van der Waals surface area contributed by atoms with E-state index < -0.39 is 12.0 Å². The van der Waals surface area contributed by atoms with Gasteiger partial charge in [0, 0.05) is 24.5 Å². The van der Waals surface area contributed by atoms with Gasteiger partial charge >= 0.3 is 0 Å². The number of likely N-dealkylation sites (N-methyl/N-ethyl adjacent to an activating group) is 1. The van der Waals surface area contributed by atoms with Crippen LogP contribution in [0.4, 0.5) is 0 Å². The molecule has 1 amide bonds. The molecule has 0 saturated heterocycles. The standard InChI is InChI=1S/C9H12N2O2/c1-2-11-9(13)8(12)7-4-3-5-10-6-7/h3-6,8,12H,2H2,1H3,(H,11,13). The highest BCUT2D eigenvalue weighted by molar-refractivity contribution is 5.81. The maximum absolute atomic E-state index is 11.2. The molecule has 0 fully saturated rings. The fourth-order valence-corrected chi connectivity index (χ4v) is 0.960. The number of rotatable bonds is 3. The highest BCUT2D eigenvalue weighted by Crippen LogP contribution is 2.09. The Labute approximate surface area is 76.6 Å². The van der Waals surface area contributed by atoms with E-state index in [2.05, 4.69) is 10.3 Å². The van der Waals surface area contributed by atoms with Gasteiger partial charge < -0.3 is 10.4 Å². The van der Waals surface area contributed by atoms with E-state index in [1.54, 1.807) is 25.3 Å². The van der Waals surface area contributed by atoms with Gasteiger partial charge in [-0.25, -0.2) is 0 Å². The van der Waals surface area contributed by atoms with Crippen molar-refractivity contribution >= 4 is 5.91 Å². The van der Waals surface area contributed by atoms with Gasteiger partial charge in [-0.05, 0) is 13.0 Å². The molecule has 0 saturated carbocycles. The minimum atomic E-state index is -1.12. The monoisotopic (exact) mass is 180 g/mol. The van der Waals surface area contributed by atoms with Gasteiger partial charge in [-0.2, -0.15) is 0 Å². The van der Waals surface area contributed by atoms with Gasteiger partial charge in [0.2, 0.25) is 0 Å². The molecule has 70 valence electrons. The summed E-state index contributed by atoms with van der Waals surface area (Å²) in [4.78, 5) is 15.0. The summed E-state index contributed by atoms with van der Waals surface area (Å²) in [5.74, 6) is -0.393. The summed E-state index contributed by atoms with van der Waals surface area (Å²) in [5, 5.41) is 12.0. The first kappa shape index (κ1) is 9.67. The summed E-state index contributed by atoms with van der Waals surface area (Å²) in [5.41, 5.74) is 0.508. The third-order valence-corrected chi connectivity index (χ3v) is 1.60. The number of carbonyl (C=O) groups excluding carboxylic acids is 1. The van der Waals surface area contributed by atoms with Crippen molar-refractivity contribution in [2.75, 3.05) is 6.54 Å². The molecule has 13 heavy (non-hydrogen) atoms. The second kappa shape index (κ2) is 4.57. The molecule has 1 aromatic heterocycles. The van der Waals surface area contributed by atoms with Gasteiger partial charge in [-0.1, -0.05) is 6.07 Å². The van der Waals surface area contributed by atoms with Crippen LogP contribution in [0.15, 0.2) is 24.5 Å². The predicted molar refractivity (Wildman–Crippen MR) is 47.9 cm³/mol. The molecule has 1 unspecified atom stereocenters. The maximum atomic E-state index is 11.2. The fraction of sp³-hybridized carbons (Fsp3) is 0.333. The summed E-state index contributed by atoms with van der Waals surface area (Å²) in [6.45, 7) is 2.31. The Balaban J connectivity index is 2.68. The van der Waals surface area contributed by atoms with Gasteiger partial charge in [0.05, 0.1) is 0 Å². The van der Waals surface area contributed by atoms with Gasteiger partial charge in [0.15, 0.2) is 6.10 Å². The number of pyridine rings is 1. The average Bonchev–Trinajstić information content (AvgIpc) is 2.18. The van der Waals surface area contributed by atoms with Crippen molar-refractivity contribution in [3.8, 4) is 0 Å². The molecule has 4 nitrogen and oxygen atoms in total. The van der Waals surface area contributed by atoms with Crippen molar-refractivity contribution in [2.45, 2.75) is 13.0 Å². The van der Waals surface area contributed by atoms with Crippen molar-refractivity contribution < 1.29 is 9.90 Å². The van der Waals surface area contributed by atoms with Crippen LogP contribution >= 0.6 is 0 Å². The second-order valence-electron chi connectivity index (χ2n) is 2.58. The molecule has 1 rings (SSSR count). The molecule has 1 aromatic rings. The Morgan fingerprint density at radius 1 is 1.77 bits per heavy atom. The van der Waals surface area contributed by atoms with Crippen LogP contribution in [0, 0.1) is 0 Å². The number of hydrogen-bond acceptors (Lipinski definition) is 3. The molecular weight excluding hydrogens is 168 g/mol. The zero-order valence-electron chi connectivity index (χ0n) is 7.40. The highest BCUT2D eigenvalue weighted by Gasteiger charge is 2.15. The molecule has 0 bridgehead atoms. The van der Waals surface area contributed by atoms with Crippen LogP contribution in [0.5, 0.6) is 0 Å². The highest BCUT2D eigenvalue weighted by atomic mass is 16.3. The van der Waals surface area contributed by atoms with E-state index in [1.165, 1.54) is 6.20 Å². The number of hydrogen-bond donors (Lipinski definition) is 2. The minimum Gasteiger partial charge on any atom is -0.378 e. The number of aliphatic hydroxyl groups is 1. The lowest BCUT2D eigenvalue weighted by atomic mass is 10.1. The van der Waals surface area contributed by atoms with Crippen LogP contribution < -0.4 is 5.32 Å². The zero-order chi connectivity index (χ0) is 9.68. The maximum Gasteiger partial charge on any atom is 0.253 e. The van der Waals surface area contributed by atoms with Crippen molar-refractivity contribution in [1.82, 2.24) is 10.3 Å². The van der Waals surface area contributed by atoms with E-state index >= 15 is 0 Å². The molecule has 4 heteroatoms. The summed E-state index contributed by atoms with van der Waals surface area (Å²) in [6, 6.07) is 3.34. The van der Waals surface area contributed by atoms with E-state index in [4.69, 9.17) is 0 Å². The van der Waals surface area contributed by atoms with Gasteiger partial charge in [0.1, 0.15) is 0 Å². The van der Waals surface area contributed by atoms with Crippen LogP contribution in [-0.2, 0) is 4.79 Å². The number of nitrogens with zero attached hydrogens (tertiary/aromatic N) is 1. The Kier molecular flexibility index (Phi) is 3.40. The molecule has 1 atom stereocenters. The van der Waals surface area contributed by atoms with Crippen LogP contribution in [0.3, 0.4) is 0 Å². The Morgan fingerprint density at radius 3 is 3.08 bits per heavy atom. The van der Waals surface area contributed by atoms with Crippen molar-refractivity contribution in [3.05, 3.63) is 30.1 Å². The Hall–Kier alpha value is -1.42. The quantitative estimate of drug-likeness (QED) is 0.701. The van der Waals surface area contributed by atoms with Gasteiger partial charge in [-0.3, -0.25) is 9.78 Å². The van der Waals surface area contributed by atoms with Crippen LogP contribution in [0.2, 0.25) is 0 Å². The number of nitrogens with one attached hydrogen (secondary N) is 1. The van der Waals surface area contributed by atoms with Gasteiger partial charge in [-0.15, -0.1) is 0 Å². The predicted octanol–water partition coefficient (Wildman–Crippen LogP) is 0.251. The number of aliphatic hydroxyl groups excluding tert-OH is 1. The van der Waals surface area contributed by atoms with Crippen molar-refractivity contribution in [3.63, 3.8) is 0 Å². The SMILES string of the molecule is CCNC(=O)C(O)c1cccnc1. The molecular formula is C9H12N2O2. The van der Waals surface area contributed by atoms with Crippen molar-refractivity contribution in [1.29, 1.82) is 0 Å². The lowest BCUT2D eigenvalue weighted by Crippen LogP contribution is -2.28. The van der Waals surface area contributed by atoms with Crippen LogP contribution in [-0.4, -0.2) is 22.5 Å². The topological polar surface area (TPSA) is 62.2 Å². The fourth-order valence-electron chi connectivity index (χ4n) is 0.960. The van der Waals surface area contributed by atoms with E-state index in [0.29, 0.717) is 12.1 Å². The Bertz CT molecular complexity index is 274. The third kappa shape index (κ3) is 2.52. The lowest BCUT2D eigenvalue weighted by Gasteiger charge is -2.09. The van der Waals surface area contributed by atoms with Gasteiger partial charge in [0.25, 0.3) is 5.91 Å². The molecule has 0 aromatic carbocycles. The molecule has 0 spiro atoms. The third-order valence-electron chi connectivity index (χ3n) is 1.60. The first-order valence-corrected chi connectivity index (χ1v) is 4.11. The number of aromatic nitrogens is 1. The van der Waals surface area contributed by atoms with E-state index in [-0.39, 0.29) is 0 Å². The minimum absolute atomic E-state index is 0.393. The lowest BCUT2D eigenvalue weighted by molar-refractivity contribution is -0.129. The first-order chi connectivity index (χ1) is 6.25. The molecule has 0 aliphatic rings. The molecule has 2 N–H and O–H groups in total. The second-order valence-corrected chi connectivity index (χ2v) is 2.58. The van der Waals surface area contributed by atoms with Crippen LogP contribution in [0.25, 0.3) is 0 Å². The summed E-state index contributed by atoms with van der Waals surface area (Å²) < 4.78 is 0. The molecule has 1 heterocycles. The summed E-state index contributed by atoms with van der Waals surface area (Å²) in [6.07, 6.45) is 1.95. The van der Waals surface area contributed by atoms with Crippen LogP contribution in [0.1, 0.15) is 18.6 Å². The van der Waals surface area contributed by atoms with E-state index in [9.17, 15) is 9.90 Å².